The van der Waals surface area contributed by atoms with Crippen molar-refractivity contribution in [1.82, 2.24) is 5.32 Å². The van der Waals surface area contributed by atoms with Gasteiger partial charge in [-0.3, -0.25) is 5.32 Å². The largest absolute Gasteiger partial charge is 0.462 e. The lowest BCUT2D eigenvalue weighted by atomic mass is 10.1. The normalized spacial score (nSPS) is 10.2. The van der Waals surface area contributed by atoms with Gasteiger partial charge in [0.05, 0.1) is 6.61 Å². The van der Waals surface area contributed by atoms with Gasteiger partial charge in [0, 0.05) is 22.4 Å². The smallest absolute Gasteiger partial charge is 0.341 e. The molecular weight excluding hydrogens is 308 g/mol. The van der Waals surface area contributed by atoms with Crippen LogP contribution in [0.25, 0.3) is 10.4 Å². The number of carbonyl (C=O) groups is 2. The lowest BCUT2D eigenvalue weighted by Crippen LogP contribution is -2.28. The molecule has 21 heavy (non-hydrogen) atoms. The number of hydrogen-bond donors (Lipinski definition) is 2. The second-order valence-electron chi connectivity index (χ2n) is 4.04. The van der Waals surface area contributed by atoms with Crippen molar-refractivity contribution in [3.8, 4) is 10.4 Å². The molecule has 2 amide bonds. The van der Waals surface area contributed by atoms with Gasteiger partial charge in [-0.1, -0.05) is 6.07 Å². The van der Waals surface area contributed by atoms with E-state index in [1.807, 2.05) is 29.8 Å². The number of amides is 2. The molecule has 0 saturated carbocycles. The van der Waals surface area contributed by atoms with Crippen LogP contribution in [0.15, 0.2) is 22.9 Å². The van der Waals surface area contributed by atoms with Crippen molar-refractivity contribution in [2.75, 3.05) is 18.5 Å². The predicted octanol–water partition coefficient (Wildman–Crippen LogP) is 3.79. The Morgan fingerprint density at radius 2 is 2.10 bits per heavy atom. The lowest BCUT2D eigenvalue weighted by Gasteiger charge is -2.08. The van der Waals surface area contributed by atoms with Crippen molar-refractivity contribution >= 4 is 39.7 Å². The first-order valence-corrected chi connectivity index (χ1v) is 8.30. The van der Waals surface area contributed by atoms with E-state index in [0.717, 1.165) is 10.4 Å². The van der Waals surface area contributed by atoms with Gasteiger partial charge in [0.2, 0.25) is 0 Å². The van der Waals surface area contributed by atoms with E-state index < -0.39 is 5.97 Å². The van der Waals surface area contributed by atoms with Crippen molar-refractivity contribution in [2.24, 2.45) is 0 Å². The fourth-order valence-electron chi connectivity index (χ4n) is 1.78. The minimum Gasteiger partial charge on any atom is -0.462 e. The summed E-state index contributed by atoms with van der Waals surface area (Å²) in [4.78, 5) is 24.8. The Hall–Kier alpha value is -1.86. The Kier molecular flexibility index (Phi) is 5.35. The molecular formula is C14H16N2O3S2. The van der Waals surface area contributed by atoms with Crippen LogP contribution < -0.4 is 10.6 Å². The quantitative estimate of drug-likeness (QED) is 0.822. The van der Waals surface area contributed by atoms with Crippen molar-refractivity contribution in [3.63, 3.8) is 0 Å². The zero-order chi connectivity index (χ0) is 15.2. The number of ether oxygens (including phenoxy) is 1. The molecule has 0 fully saturated rings. The average molecular weight is 324 g/mol. The maximum Gasteiger partial charge on any atom is 0.341 e. The first-order valence-electron chi connectivity index (χ1n) is 6.54. The van der Waals surface area contributed by atoms with Gasteiger partial charge in [-0.25, -0.2) is 9.59 Å². The number of urea groups is 1. The first-order chi connectivity index (χ1) is 10.2. The Bertz CT molecular complexity index is 620. The summed E-state index contributed by atoms with van der Waals surface area (Å²) in [7, 11) is 0. The van der Waals surface area contributed by atoms with Crippen molar-refractivity contribution in [2.45, 2.75) is 13.8 Å². The molecule has 2 N–H and O–H groups in total. The van der Waals surface area contributed by atoms with Crippen LogP contribution in [0.2, 0.25) is 0 Å². The summed E-state index contributed by atoms with van der Waals surface area (Å²) >= 11 is 2.86. The number of carbonyl (C=O) groups excluding carboxylic acids is 2. The average Bonchev–Trinajstić information content (AvgIpc) is 3.07. The highest BCUT2D eigenvalue weighted by Gasteiger charge is 2.23. The summed E-state index contributed by atoms with van der Waals surface area (Å²) in [5, 5.41) is 9.66. The molecule has 0 aliphatic carbocycles. The van der Waals surface area contributed by atoms with Gasteiger partial charge in [0.15, 0.2) is 0 Å². The standard InChI is InChI=1S/C14H16N2O3S2/c1-3-15-14(18)16-12-11(13(17)19-4-2)9(8-21-12)10-6-5-7-20-10/h5-8H,3-4H2,1-2H3,(H2,15,16,18). The third-order valence-electron chi connectivity index (χ3n) is 2.62. The molecule has 2 rings (SSSR count). The van der Waals surface area contributed by atoms with Gasteiger partial charge in [-0.05, 0) is 25.3 Å². The van der Waals surface area contributed by atoms with Gasteiger partial charge >= 0.3 is 12.0 Å². The Morgan fingerprint density at radius 1 is 1.29 bits per heavy atom. The highest BCUT2D eigenvalue weighted by Crippen LogP contribution is 2.38. The van der Waals surface area contributed by atoms with Gasteiger partial charge < -0.3 is 10.1 Å². The highest BCUT2D eigenvalue weighted by atomic mass is 32.1. The minimum absolute atomic E-state index is 0.291. The monoisotopic (exact) mass is 324 g/mol. The second-order valence-corrected chi connectivity index (χ2v) is 5.86. The highest BCUT2D eigenvalue weighted by molar-refractivity contribution is 7.17. The molecule has 0 aliphatic rings. The second kappa shape index (κ2) is 7.24. The molecule has 0 spiro atoms. The van der Waals surface area contributed by atoms with E-state index in [4.69, 9.17) is 4.74 Å². The summed E-state index contributed by atoms with van der Waals surface area (Å²) in [6.45, 7) is 4.40. The van der Waals surface area contributed by atoms with E-state index in [1.165, 1.54) is 22.7 Å². The fourth-order valence-corrected chi connectivity index (χ4v) is 3.54. The number of rotatable bonds is 5. The number of esters is 1. The third kappa shape index (κ3) is 3.62. The zero-order valence-corrected chi connectivity index (χ0v) is 13.4. The van der Waals surface area contributed by atoms with Crippen LogP contribution >= 0.6 is 22.7 Å². The fraction of sp³-hybridized carbons (Fsp3) is 0.286. The summed E-state index contributed by atoms with van der Waals surface area (Å²) < 4.78 is 5.11. The number of thiophene rings is 2. The van der Waals surface area contributed by atoms with E-state index in [9.17, 15) is 9.59 Å². The SMILES string of the molecule is CCNC(=O)Nc1scc(-c2cccs2)c1C(=O)OCC. The van der Waals surface area contributed by atoms with Crippen LogP contribution in [-0.2, 0) is 4.74 Å². The van der Waals surface area contributed by atoms with Crippen LogP contribution in [0.3, 0.4) is 0 Å². The van der Waals surface area contributed by atoms with Crippen LogP contribution in [0.1, 0.15) is 24.2 Å². The molecule has 0 aromatic carbocycles. The number of hydrogen-bond acceptors (Lipinski definition) is 5. The molecule has 0 saturated heterocycles. The number of anilines is 1. The molecule has 2 aromatic heterocycles. The zero-order valence-electron chi connectivity index (χ0n) is 11.8. The molecule has 5 nitrogen and oxygen atoms in total. The number of nitrogens with one attached hydrogen (secondary N) is 2. The van der Waals surface area contributed by atoms with Crippen molar-refractivity contribution < 1.29 is 14.3 Å². The van der Waals surface area contributed by atoms with E-state index in [0.29, 0.717) is 23.7 Å². The minimum atomic E-state index is -0.422. The molecule has 2 aromatic rings. The van der Waals surface area contributed by atoms with Crippen LogP contribution in [0.4, 0.5) is 9.80 Å². The van der Waals surface area contributed by atoms with E-state index in [2.05, 4.69) is 10.6 Å². The first kappa shape index (κ1) is 15.5. The van der Waals surface area contributed by atoms with Crippen molar-refractivity contribution in [1.29, 1.82) is 0 Å². The van der Waals surface area contributed by atoms with Crippen molar-refractivity contribution in [3.05, 3.63) is 28.5 Å². The molecule has 0 unspecified atom stereocenters. The maximum absolute atomic E-state index is 12.2. The van der Waals surface area contributed by atoms with Gasteiger partial charge in [0.1, 0.15) is 10.6 Å². The van der Waals surface area contributed by atoms with Gasteiger partial charge in [0.25, 0.3) is 0 Å². The summed E-state index contributed by atoms with van der Waals surface area (Å²) in [6.07, 6.45) is 0. The van der Waals surface area contributed by atoms with Gasteiger partial charge in [-0.2, -0.15) is 0 Å². The van der Waals surface area contributed by atoms with Crippen LogP contribution in [0, 0.1) is 0 Å². The van der Waals surface area contributed by atoms with Crippen LogP contribution in [0.5, 0.6) is 0 Å². The Labute approximate surface area is 130 Å². The summed E-state index contributed by atoms with van der Waals surface area (Å²) in [5.41, 5.74) is 1.20. The molecule has 0 atom stereocenters. The Balaban J connectivity index is 2.36. The molecule has 0 aliphatic heterocycles. The van der Waals surface area contributed by atoms with Gasteiger partial charge in [-0.15, -0.1) is 22.7 Å². The van der Waals surface area contributed by atoms with Crippen LogP contribution in [-0.4, -0.2) is 25.2 Å². The summed E-state index contributed by atoms with van der Waals surface area (Å²) in [6, 6.07) is 3.53. The predicted molar refractivity (Wildman–Crippen MR) is 86.3 cm³/mol. The summed E-state index contributed by atoms with van der Waals surface area (Å²) in [5.74, 6) is -0.422. The van der Waals surface area contributed by atoms with E-state index >= 15 is 0 Å². The molecule has 0 bridgehead atoms. The van der Waals surface area contributed by atoms with E-state index in [1.54, 1.807) is 6.92 Å². The molecule has 0 radical (unpaired) electrons. The Morgan fingerprint density at radius 3 is 2.71 bits per heavy atom. The lowest BCUT2D eigenvalue weighted by molar-refractivity contribution is 0.0529. The maximum atomic E-state index is 12.2. The van der Waals surface area contributed by atoms with E-state index in [-0.39, 0.29) is 6.03 Å². The molecule has 112 valence electrons. The molecule has 2 heterocycles. The topological polar surface area (TPSA) is 67.4 Å². The third-order valence-corrected chi connectivity index (χ3v) is 4.42. The molecule has 7 heteroatoms.